The van der Waals surface area contributed by atoms with E-state index in [4.69, 9.17) is 9.47 Å². The van der Waals surface area contributed by atoms with Gasteiger partial charge in [0.05, 0.1) is 19.1 Å². The summed E-state index contributed by atoms with van der Waals surface area (Å²) in [6, 6.07) is 10.6. The summed E-state index contributed by atoms with van der Waals surface area (Å²) >= 11 is 0. The Morgan fingerprint density at radius 1 is 0.963 bits per heavy atom. The molecule has 1 unspecified atom stereocenters. The van der Waals surface area contributed by atoms with Crippen molar-refractivity contribution < 1.29 is 17.9 Å². The van der Waals surface area contributed by atoms with Gasteiger partial charge in [-0.2, -0.15) is 0 Å². The van der Waals surface area contributed by atoms with Crippen LogP contribution in [0.2, 0.25) is 0 Å². The van der Waals surface area contributed by atoms with E-state index in [2.05, 4.69) is 18.6 Å². The monoisotopic (exact) mass is 391 g/mol. The Morgan fingerprint density at radius 3 is 2.11 bits per heavy atom. The fraction of sp³-hybridized carbons (Fsp3) is 0.429. The highest BCUT2D eigenvalue weighted by Gasteiger charge is 2.24. The molecule has 0 saturated carbocycles. The summed E-state index contributed by atoms with van der Waals surface area (Å²) in [4.78, 5) is 0.281. The quantitative estimate of drug-likeness (QED) is 0.725. The predicted molar refractivity (Wildman–Crippen MR) is 108 cm³/mol. The van der Waals surface area contributed by atoms with Gasteiger partial charge in [0.25, 0.3) is 0 Å². The lowest BCUT2D eigenvalue weighted by Crippen LogP contribution is -2.30. The number of ether oxygens (including phenoxy) is 2. The van der Waals surface area contributed by atoms with Crippen LogP contribution in [0.15, 0.2) is 41.3 Å². The Kier molecular flexibility index (Phi) is 6.89. The summed E-state index contributed by atoms with van der Waals surface area (Å²) in [5, 5.41) is 0. The summed E-state index contributed by atoms with van der Waals surface area (Å²) in [5.41, 5.74) is 2.35. The number of hydrogen-bond donors (Lipinski definition) is 1. The van der Waals surface area contributed by atoms with E-state index in [0.29, 0.717) is 23.7 Å². The summed E-state index contributed by atoms with van der Waals surface area (Å²) in [7, 11) is -0.495. The van der Waals surface area contributed by atoms with Crippen molar-refractivity contribution in [1.82, 2.24) is 4.72 Å². The molecule has 0 saturated heterocycles. The number of nitrogens with one attached hydrogen (secondary N) is 1. The van der Waals surface area contributed by atoms with Gasteiger partial charge in [-0.15, -0.1) is 0 Å². The molecular weight excluding hydrogens is 362 g/mol. The topological polar surface area (TPSA) is 64.6 Å². The number of rotatable bonds is 8. The van der Waals surface area contributed by atoms with Gasteiger partial charge in [0, 0.05) is 6.04 Å². The zero-order chi connectivity index (χ0) is 20.2. The predicted octanol–water partition coefficient (Wildman–Crippen LogP) is 4.39. The Balaban J connectivity index is 2.39. The SMILES string of the molecule is COc1ccc(C(CC(C)C)NS(=O)(=O)c2cc(C)c(OC)cc2C)cc1. The van der Waals surface area contributed by atoms with Gasteiger partial charge in [-0.25, -0.2) is 13.1 Å². The van der Waals surface area contributed by atoms with Crippen LogP contribution in [0.25, 0.3) is 0 Å². The molecule has 148 valence electrons. The number of hydrogen-bond acceptors (Lipinski definition) is 4. The second-order valence-electron chi connectivity index (χ2n) is 7.16. The third-order valence-corrected chi connectivity index (χ3v) is 6.12. The lowest BCUT2D eigenvalue weighted by molar-refractivity contribution is 0.411. The van der Waals surface area contributed by atoms with Crippen LogP contribution in [0.4, 0.5) is 0 Å². The van der Waals surface area contributed by atoms with E-state index >= 15 is 0 Å². The van der Waals surface area contributed by atoms with Crippen molar-refractivity contribution in [3.8, 4) is 11.5 Å². The van der Waals surface area contributed by atoms with E-state index in [0.717, 1.165) is 16.9 Å². The standard InChI is InChI=1S/C21H29NO4S/c1-14(2)11-19(17-7-9-18(25-5)10-8-17)22-27(23,24)21-13-15(3)20(26-6)12-16(21)4/h7-10,12-14,19,22H,11H2,1-6H3. The van der Waals surface area contributed by atoms with Gasteiger partial charge in [0.15, 0.2) is 0 Å². The molecule has 2 aromatic rings. The van der Waals surface area contributed by atoms with Crippen molar-refractivity contribution in [2.24, 2.45) is 5.92 Å². The smallest absolute Gasteiger partial charge is 0.241 e. The Morgan fingerprint density at radius 2 is 1.59 bits per heavy atom. The van der Waals surface area contributed by atoms with E-state index in [9.17, 15) is 8.42 Å². The molecule has 0 aliphatic carbocycles. The minimum atomic E-state index is -3.68. The minimum Gasteiger partial charge on any atom is -0.497 e. The van der Waals surface area contributed by atoms with Gasteiger partial charge < -0.3 is 9.47 Å². The Hall–Kier alpha value is -2.05. The van der Waals surface area contributed by atoms with Crippen LogP contribution in [0, 0.1) is 19.8 Å². The molecule has 2 aromatic carbocycles. The van der Waals surface area contributed by atoms with Crippen LogP contribution in [-0.4, -0.2) is 22.6 Å². The van der Waals surface area contributed by atoms with Gasteiger partial charge in [-0.05, 0) is 67.1 Å². The summed E-state index contributed by atoms with van der Waals surface area (Å²) in [6.45, 7) is 7.77. The largest absolute Gasteiger partial charge is 0.497 e. The first-order valence-electron chi connectivity index (χ1n) is 8.99. The zero-order valence-corrected chi connectivity index (χ0v) is 17.7. The molecule has 0 fully saturated rings. The highest BCUT2D eigenvalue weighted by molar-refractivity contribution is 7.89. The molecule has 0 bridgehead atoms. The van der Waals surface area contributed by atoms with Gasteiger partial charge in [-0.1, -0.05) is 26.0 Å². The maximum absolute atomic E-state index is 13.1. The van der Waals surface area contributed by atoms with Crippen molar-refractivity contribution >= 4 is 10.0 Å². The Bertz CT molecular complexity index is 874. The average molecular weight is 392 g/mol. The first-order valence-corrected chi connectivity index (χ1v) is 10.5. The molecule has 0 amide bonds. The fourth-order valence-corrected chi connectivity index (χ4v) is 4.63. The molecule has 27 heavy (non-hydrogen) atoms. The highest BCUT2D eigenvalue weighted by atomic mass is 32.2. The molecule has 6 heteroatoms. The van der Waals surface area contributed by atoms with Crippen LogP contribution in [0.3, 0.4) is 0 Å². The van der Waals surface area contributed by atoms with Crippen molar-refractivity contribution in [2.75, 3.05) is 14.2 Å². The molecule has 2 rings (SSSR count). The normalized spacial score (nSPS) is 12.9. The van der Waals surface area contributed by atoms with Crippen LogP contribution in [-0.2, 0) is 10.0 Å². The summed E-state index contributed by atoms with van der Waals surface area (Å²) < 4.78 is 39.6. The summed E-state index contributed by atoms with van der Waals surface area (Å²) in [6.07, 6.45) is 0.694. The number of sulfonamides is 1. The molecule has 1 atom stereocenters. The van der Waals surface area contributed by atoms with Crippen LogP contribution < -0.4 is 14.2 Å². The second kappa shape index (κ2) is 8.76. The molecule has 0 heterocycles. The van der Waals surface area contributed by atoms with Gasteiger partial charge in [0.2, 0.25) is 10.0 Å². The molecule has 5 nitrogen and oxygen atoms in total. The number of aryl methyl sites for hydroxylation is 2. The first-order chi connectivity index (χ1) is 12.7. The second-order valence-corrected chi connectivity index (χ2v) is 8.85. The van der Waals surface area contributed by atoms with E-state index in [1.165, 1.54) is 0 Å². The van der Waals surface area contributed by atoms with Crippen molar-refractivity contribution in [3.05, 3.63) is 53.1 Å². The van der Waals surface area contributed by atoms with Gasteiger partial charge in [-0.3, -0.25) is 0 Å². The van der Waals surface area contributed by atoms with Crippen molar-refractivity contribution in [2.45, 2.75) is 45.1 Å². The van der Waals surface area contributed by atoms with E-state index in [1.54, 1.807) is 33.3 Å². The van der Waals surface area contributed by atoms with E-state index in [1.807, 2.05) is 31.2 Å². The van der Waals surface area contributed by atoms with E-state index < -0.39 is 10.0 Å². The lowest BCUT2D eigenvalue weighted by Gasteiger charge is -2.22. The molecule has 0 radical (unpaired) electrons. The molecule has 0 aliphatic rings. The summed E-state index contributed by atoms with van der Waals surface area (Å²) in [5.74, 6) is 1.75. The molecule has 0 aliphatic heterocycles. The zero-order valence-electron chi connectivity index (χ0n) is 16.9. The van der Waals surface area contributed by atoms with Crippen LogP contribution in [0.5, 0.6) is 11.5 Å². The number of methoxy groups -OCH3 is 2. The van der Waals surface area contributed by atoms with E-state index in [-0.39, 0.29) is 10.9 Å². The highest BCUT2D eigenvalue weighted by Crippen LogP contribution is 2.29. The van der Waals surface area contributed by atoms with Crippen LogP contribution in [0.1, 0.15) is 43.0 Å². The lowest BCUT2D eigenvalue weighted by atomic mass is 9.98. The van der Waals surface area contributed by atoms with Gasteiger partial charge in [0.1, 0.15) is 11.5 Å². The maximum atomic E-state index is 13.1. The minimum absolute atomic E-state index is 0.281. The Labute approximate surface area is 162 Å². The molecular formula is C21H29NO4S. The molecule has 1 N–H and O–H groups in total. The van der Waals surface area contributed by atoms with Gasteiger partial charge >= 0.3 is 0 Å². The molecule has 0 spiro atoms. The van der Waals surface area contributed by atoms with Crippen molar-refractivity contribution in [3.63, 3.8) is 0 Å². The maximum Gasteiger partial charge on any atom is 0.241 e. The average Bonchev–Trinajstić information content (AvgIpc) is 2.62. The fourth-order valence-electron chi connectivity index (χ4n) is 3.08. The third kappa shape index (κ3) is 5.23. The first kappa shape index (κ1) is 21.3. The number of benzene rings is 2. The molecule has 0 aromatic heterocycles. The third-order valence-electron chi connectivity index (χ3n) is 4.50. The van der Waals surface area contributed by atoms with Crippen LogP contribution >= 0.6 is 0 Å². The van der Waals surface area contributed by atoms with Crippen molar-refractivity contribution in [1.29, 1.82) is 0 Å².